The van der Waals surface area contributed by atoms with E-state index in [2.05, 4.69) is 83.4 Å². The first-order valence-electron chi connectivity index (χ1n) is 11.3. The van der Waals surface area contributed by atoms with Crippen LogP contribution in [-0.4, -0.2) is 56.1 Å². The second-order valence-corrected chi connectivity index (χ2v) is 11.5. The van der Waals surface area contributed by atoms with Crippen molar-refractivity contribution < 1.29 is 9.59 Å². The molecule has 0 bridgehead atoms. The maximum absolute atomic E-state index is 12.5. The highest BCUT2D eigenvalue weighted by Crippen LogP contribution is 2.55. The van der Waals surface area contributed by atoms with Gasteiger partial charge in [-0.2, -0.15) is 0 Å². The van der Waals surface area contributed by atoms with Gasteiger partial charge in [-0.1, -0.05) is 54.6 Å². The number of amides is 2. The molecule has 0 unspecified atom stereocenters. The Balaban J connectivity index is 1.94. The summed E-state index contributed by atoms with van der Waals surface area (Å²) in [5, 5.41) is 9.61. The second-order valence-electron chi connectivity index (χ2n) is 7.93. The van der Waals surface area contributed by atoms with Gasteiger partial charge in [-0.25, -0.2) is 0 Å². The van der Waals surface area contributed by atoms with Crippen molar-refractivity contribution in [1.29, 1.82) is 0 Å². The number of hydrogen-bond acceptors (Lipinski definition) is 3. The Hall–Kier alpha value is -3.01. The highest BCUT2D eigenvalue weighted by Gasteiger charge is 2.45. The zero-order chi connectivity index (χ0) is 23.5. The lowest BCUT2D eigenvalue weighted by atomic mass is 10.4. The lowest BCUT2D eigenvalue weighted by molar-refractivity contribution is -0.129. The minimum Gasteiger partial charge on any atom is -0.353 e. The van der Waals surface area contributed by atoms with Crippen LogP contribution in [0.25, 0.3) is 0 Å². The van der Waals surface area contributed by atoms with Crippen molar-refractivity contribution in [2.45, 2.75) is 6.92 Å². The molecule has 172 valence electrons. The predicted octanol–water partition coefficient (Wildman–Crippen LogP) is 2.16. The predicted molar refractivity (Wildman–Crippen MR) is 139 cm³/mol. The average Bonchev–Trinajstić information content (AvgIpc) is 2.85. The number of nitrogens with one attached hydrogen (secondary N) is 2. The Labute approximate surface area is 197 Å². The average molecular weight is 463 g/mol. The molecular weight excluding hydrogens is 429 g/mol. The first-order valence-corrected chi connectivity index (χ1v) is 13.3. The lowest BCUT2D eigenvalue weighted by Crippen LogP contribution is -2.43. The van der Waals surface area contributed by atoms with Gasteiger partial charge in [-0.3, -0.25) is 9.59 Å². The summed E-state index contributed by atoms with van der Waals surface area (Å²) in [5.41, 5.74) is 0. The van der Waals surface area contributed by atoms with Gasteiger partial charge in [0.05, 0.1) is 19.3 Å². The van der Waals surface area contributed by atoms with Gasteiger partial charge >= 0.3 is 0 Å². The molecule has 0 saturated heterocycles. The summed E-state index contributed by atoms with van der Waals surface area (Å²) in [4.78, 5) is 26.1. The zero-order valence-electron chi connectivity index (χ0n) is 19.4. The van der Waals surface area contributed by atoms with Gasteiger partial charge in [-0.15, -0.1) is 0 Å². The molecule has 0 fully saturated rings. The molecule has 5 nitrogen and oxygen atoms in total. The summed E-state index contributed by atoms with van der Waals surface area (Å²) < 4.78 is 0. The number of hydrogen-bond donors (Lipinski definition) is 2. The Morgan fingerprint density at radius 1 is 0.758 bits per heavy atom. The quantitative estimate of drug-likeness (QED) is 0.430. The van der Waals surface area contributed by atoms with Crippen LogP contribution in [0.3, 0.4) is 0 Å². The molecule has 0 radical (unpaired) electrons. The molecule has 0 aliphatic heterocycles. The van der Waals surface area contributed by atoms with Crippen LogP contribution in [0.4, 0.5) is 0 Å². The first kappa shape index (κ1) is 24.6. The second kappa shape index (κ2) is 12.3. The summed E-state index contributed by atoms with van der Waals surface area (Å²) >= 11 is 0. The van der Waals surface area contributed by atoms with E-state index in [4.69, 9.17) is 0 Å². The summed E-state index contributed by atoms with van der Waals surface area (Å²) in [5.74, 6) is -0.0501. The molecule has 0 atom stereocenters. The normalized spacial score (nSPS) is 11.1. The van der Waals surface area contributed by atoms with E-state index in [-0.39, 0.29) is 18.4 Å². The van der Waals surface area contributed by atoms with Crippen LogP contribution >= 0.6 is 7.26 Å². The Kier molecular flexibility index (Phi) is 9.17. The van der Waals surface area contributed by atoms with Gasteiger partial charge in [-0.05, 0) is 43.4 Å². The fraction of sp³-hybridized carbons (Fsp3) is 0.259. The van der Waals surface area contributed by atoms with Crippen LogP contribution < -0.4 is 26.5 Å². The number of rotatable bonds is 11. The first-order chi connectivity index (χ1) is 16.1. The van der Waals surface area contributed by atoms with E-state index >= 15 is 0 Å². The Morgan fingerprint density at radius 3 is 1.61 bits per heavy atom. The maximum Gasteiger partial charge on any atom is 0.234 e. The molecule has 3 aromatic rings. The van der Waals surface area contributed by atoms with E-state index in [9.17, 15) is 9.59 Å². The van der Waals surface area contributed by atoms with Gasteiger partial charge in [0.25, 0.3) is 0 Å². The van der Waals surface area contributed by atoms with Gasteiger partial charge in [0.1, 0.15) is 23.2 Å². The molecule has 33 heavy (non-hydrogen) atoms. The molecule has 0 spiro atoms. The number of nitrogens with zero attached hydrogens (tertiary/aromatic N) is 1. The fourth-order valence-electron chi connectivity index (χ4n) is 4.13. The molecule has 0 aliphatic carbocycles. The van der Waals surface area contributed by atoms with Crippen molar-refractivity contribution in [3.63, 3.8) is 0 Å². The van der Waals surface area contributed by atoms with E-state index < -0.39 is 7.26 Å². The van der Waals surface area contributed by atoms with Gasteiger partial charge < -0.3 is 15.5 Å². The van der Waals surface area contributed by atoms with Crippen LogP contribution in [0.1, 0.15) is 6.92 Å². The smallest absolute Gasteiger partial charge is 0.234 e. The van der Waals surface area contributed by atoms with Crippen molar-refractivity contribution in [2.75, 3.05) is 39.4 Å². The molecule has 0 aliphatic rings. The van der Waals surface area contributed by atoms with Crippen LogP contribution in [0, 0.1) is 0 Å². The number of carbonyl (C=O) groups excluding carboxylic acids is 2. The third-order valence-corrected chi connectivity index (χ3v) is 10.2. The molecule has 3 aromatic carbocycles. The largest absolute Gasteiger partial charge is 0.353 e. The van der Waals surface area contributed by atoms with Crippen LogP contribution in [-0.2, 0) is 9.59 Å². The zero-order valence-corrected chi connectivity index (χ0v) is 20.3. The van der Waals surface area contributed by atoms with E-state index in [1.165, 1.54) is 15.9 Å². The molecular formula is C27H33N3O2P+. The minimum absolute atomic E-state index is 0.0187. The Bertz CT molecular complexity index is 917. The molecule has 0 saturated carbocycles. The number of carbonyl (C=O) groups is 2. The van der Waals surface area contributed by atoms with Crippen molar-refractivity contribution >= 4 is 35.0 Å². The van der Waals surface area contributed by atoms with Crippen molar-refractivity contribution in [2.24, 2.45) is 0 Å². The topological polar surface area (TPSA) is 61.4 Å². The highest BCUT2D eigenvalue weighted by atomic mass is 31.2. The maximum atomic E-state index is 12.5. The van der Waals surface area contributed by atoms with Crippen molar-refractivity contribution in [1.82, 2.24) is 15.5 Å². The Morgan fingerprint density at radius 2 is 1.21 bits per heavy atom. The van der Waals surface area contributed by atoms with Gasteiger partial charge in [0.15, 0.2) is 0 Å². The van der Waals surface area contributed by atoms with E-state index in [1.807, 2.05) is 23.1 Å². The monoisotopic (exact) mass is 462 g/mol. The molecule has 0 aromatic heterocycles. The molecule has 2 amide bonds. The van der Waals surface area contributed by atoms with Crippen LogP contribution in [0.5, 0.6) is 0 Å². The highest BCUT2D eigenvalue weighted by molar-refractivity contribution is 7.95. The van der Waals surface area contributed by atoms with Crippen molar-refractivity contribution in [3.8, 4) is 0 Å². The number of likely N-dealkylation sites (N-methyl/N-ethyl adjacent to an activating group) is 1. The minimum atomic E-state index is -2.00. The van der Waals surface area contributed by atoms with Crippen molar-refractivity contribution in [3.05, 3.63) is 91.0 Å². The number of benzene rings is 3. The summed E-state index contributed by atoms with van der Waals surface area (Å²) in [6.45, 7) is 3.41. The SMILES string of the molecule is CNCC(=O)NCCN(CC[P+](c1ccccc1)(c1ccccc1)c1ccccc1)C(C)=O. The summed E-state index contributed by atoms with van der Waals surface area (Å²) in [7, 11) is -0.262. The third kappa shape index (κ3) is 6.28. The van der Waals surface area contributed by atoms with E-state index in [0.717, 1.165) is 6.16 Å². The third-order valence-electron chi connectivity index (χ3n) is 5.78. The van der Waals surface area contributed by atoms with Crippen LogP contribution in [0.15, 0.2) is 91.0 Å². The standard InChI is InChI=1S/C27H32N3O2P/c1-23(31)30(19-18-29-27(32)22-28-2)20-21-33(24-12-6-3-7-13-24,25-14-8-4-9-15-25)26-16-10-5-11-17-26/h3-17,28H,18-22H2,1-2H3/p+1. The molecule has 0 heterocycles. The van der Waals surface area contributed by atoms with Crippen LogP contribution in [0.2, 0.25) is 0 Å². The fourth-order valence-corrected chi connectivity index (χ4v) is 8.39. The van der Waals surface area contributed by atoms with Gasteiger partial charge in [0, 0.05) is 20.0 Å². The molecule has 6 heteroatoms. The lowest BCUT2D eigenvalue weighted by Gasteiger charge is -2.30. The molecule has 3 rings (SSSR count). The summed E-state index contributed by atoms with van der Waals surface area (Å²) in [6, 6.07) is 32.0. The molecule has 2 N–H and O–H groups in total. The van der Waals surface area contributed by atoms with E-state index in [0.29, 0.717) is 19.6 Å². The van der Waals surface area contributed by atoms with Gasteiger partial charge in [0.2, 0.25) is 11.8 Å². The van der Waals surface area contributed by atoms with E-state index in [1.54, 1.807) is 14.0 Å². The summed E-state index contributed by atoms with van der Waals surface area (Å²) in [6.07, 6.45) is 0.828.